The number of carbonyl (C=O) groups excluding carboxylic acids is 1. The van der Waals surface area contributed by atoms with Gasteiger partial charge in [-0.05, 0) is 56.4 Å². The van der Waals surface area contributed by atoms with Gasteiger partial charge >= 0.3 is 0 Å². The molecule has 0 atom stereocenters. The first-order valence-corrected chi connectivity index (χ1v) is 10.3. The van der Waals surface area contributed by atoms with Crippen LogP contribution in [0.1, 0.15) is 55.2 Å². The molecular weight excluding hydrogens is 334 g/mol. The molecule has 1 amide bonds. The number of nitrogens with zero attached hydrogens (tertiary/aromatic N) is 2. The number of benzene rings is 1. The SMILES string of the molecule is C/C=C(\C)Cn1c2c(c3cc(C(=O)N4CCC(C)CC4)ccc31)CNCC2. The van der Waals surface area contributed by atoms with E-state index in [0.29, 0.717) is 0 Å². The lowest BCUT2D eigenvalue weighted by Crippen LogP contribution is -2.37. The molecule has 0 saturated carbocycles. The van der Waals surface area contributed by atoms with Crippen LogP contribution in [0.4, 0.5) is 0 Å². The molecule has 1 fully saturated rings. The van der Waals surface area contributed by atoms with Crippen LogP contribution in [0, 0.1) is 5.92 Å². The van der Waals surface area contributed by atoms with E-state index in [4.69, 9.17) is 0 Å². The molecule has 1 saturated heterocycles. The fraction of sp³-hybridized carbons (Fsp3) is 0.522. The number of aromatic nitrogens is 1. The van der Waals surface area contributed by atoms with Gasteiger partial charge in [0.1, 0.15) is 0 Å². The Hall–Kier alpha value is -2.07. The molecule has 0 spiro atoms. The van der Waals surface area contributed by atoms with E-state index in [-0.39, 0.29) is 5.91 Å². The van der Waals surface area contributed by atoms with Crippen molar-refractivity contribution in [2.24, 2.45) is 5.92 Å². The molecule has 0 bridgehead atoms. The first-order chi connectivity index (χ1) is 13.1. The summed E-state index contributed by atoms with van der Waals surface area (Å²) in [5.41, 5.74) is 6.28. The van der Waals surface area contributed by atoms with Gasteiger partial charge in [0.25, 0.3) is 5.91 Å². The summed E-state index contributed by atoms with van der Waals surface area (Å²) in [4.78, 5) is 15.1. The number of rotatable bonds is 3. The molecule has 2 aliphatic rings. The third kappa shape index (κ3) is 3.43. The van der Waals surface area contributed by atoms with Crippen molar-refractivity contribution in [2.75, 3.05) is 19.6 Å². The maximum atomic E-state index is 13.0. The number of carbonyl (C=O) groups is 1. The average molecular weight is 366 g/mol. The molecule has 0 radical (unpaired) electrons. The van der Waals surface area contributed by atoms with Crippen LogP contribution < -0.4 is 5.32 Å². The number of fused-ring (bicyclic) bond motifs is 3. The summed E-state index contributed by atoms with van der Waals surface area (Å²) in [6, 6.07) is 6.34. The van der Waals surface area contributed by atoms with E-state index in [2.05, 4.69) is 48.9 Å². The molecule has 0 aliphatic carbocycles. The van der Waals surface area contributed by atoms with E-state index in [1.165, 1.54) is 27.7 Å². The average Bonchev–Trinajstić information content (AvgIpc) is 3.01. The molecule has 1 aromatic heterocycles. The van der Waals surface area contributed by atoms with Crippen LogP contribution in [0.15, 0.2) is 29.8 Å². The van der Waals surface area contributed by atoms with Gasteiger partial charge in [-0.25, -0.2) is 0 Å². The Morgan fingerprint density at radius 3 is 2.81 bits per heavy atom. The van der Waals surface area contributed by atoms with Crippen molar-refractivity contribution in [2.45, 2.75) is 53.1 Å². The van der Waals surface area contributed by atoms with Crippen molar-refractivity contribution in [3.63, 3.8) is 0 Å². The quantitative estimate of drug-likeness (QED) is 0.831. The van der Waals surface area contributed by atoms with Crippen LogP contribution in [0.2, 0.25) is 0 Å². The molecular formula is C23H31N3O. The minimum absolute atomic E-state index is 0.193. The molecule has 4 nitrogen and oxygen atoms in total. The normalized spacial score (nSPS) is 18.8. The van der Waals surface area contributed by atoms with Crippen LogP contribution in [0.25, 0.3) is 10.9 Å². The zero-order chi connectivity index (χ0) is 19.0. The largest absolute Gasteiger partial charge is 0.340 e. The molecule has 1 aromatic carbocycles. The smallest absolute Gasteiger partial charge is 0.253 e. The minimum atomic E-state index is 0.193. The molecule has 1 N–H and O–H groups in total. The van der Waals surface area contributed by atoms with Gasteiger partial charge in [0.2, 0.25) is 0 Å². The van der Waals surface area contributed by atoms with Gasteiger partial charge in [0.15, 0.2) is 0 Å². The number of allylic oxidation sites excluding steroid dienone is 2. The van der Waals surface area contributed by atoms with Crippen LogP contribution in [-0.2, 0) is 19.5 Å². The van der Waals surface area contributed by atoms with Crippen molar-refractivity contribution in [3.8, 4) is 0 Å². The summed E-state index contributed by atoms with van der Waals surface area (Å²) in [6.45, 7) is 11.2. The standard InChI is InChI=1S/C23H31N3O/c1-4-16(2)15-26-21-6-5-18(23(27)25-11-8-17(3)9-12-25)13-19(21)20-14-24-10-7-22(20)26/h4-6,13,17,24H,7-12,14-15H2,1-3H3/b16-4+. The van der Waals surface area contributed by atoms with E-state index in [0.717, 1.165) is 63.5 Å². The summed E-state index contributed by atoms with van der Waals surface area (Å²) in [7, 11) is 0. The molecule has 2 aromatic rings. The van der Waals surface area contributed by atoms with Crippen LogP contribution >= 0.6 is 0 Å². The molecule has 144 valence electrons. The third-order valence-electron chi connectivity index (χ3n) is 6.35. The predicted molar refractivity (Wildman–Crippen MR) is 111 cm³/mol. The lowest BCUT2D eigenvalue weighted by Gasteiger charge is -2.30. The monoisotopic (exact) mass is 365 g/mol. The number of piperidine rings is 1. The van der Waals surface area contributed by atoms with Gasteiger partial charge in [0.05, 0.1) is 0 Å². The minimum Gasteiger partial charge on any atom is -0.340 e. The second kappa shape index (κ2) is 7.51. The van der Waals surface area contributed by atoms with Gasteiger partial charge in [-0.1, -0.05) is 18.6 Å². The summed E-state index contributed by atoms with van der Waals surface area (Å²) >= 11 is 0. The lowest BCUT2D eigenvalue weighted by atomic mass is 9.98. The predicted octanol–water partition coefficient (Wildman–Crippen LogP) is 4.13. The number of hydrogen-bond acceptors (Lipinski definition) is 2. The fourth-order valence-electron chi connectivity index (χ4n) is 4.43. The number of hydrogen-bond donors (Lipinski definition) is 1. The van der Waals surface area contributed by atoms with Crippen LogP contribution in [0.5, 0.6) is 0 Å². The first kappa shape index (κ1) is 18.3. The highest BCUT2D eigenvalue weighted by molar-refractivity contribution is 5.99. The second-order valence-electron chi connectivity index (χ2n) is 8.28. The van der Waals surface area contributed by atoms with Gasteiger partial charge in [-0.15, -0.1) is 0 Å². The highest BCUT2D eigenvalue weighted by Crippen LogP contribution is 2.31. The number of amides is 1. The van der Waals surface area contributed by atoms with Crippen molar-refractivity contribution in [1.82, 2.24) is 14.8 Å². The second-order valence-corrected chi connectivity index (χ2v) is 8.28. The van der Waals surface area contributed by atoms with Crippen molar-refractivity contribution in [3.05, 3.63) is 46.7 Å². The van der Waals surface area contributed by atoms with Crippen molar-refractivity contribution < 1.29 is 4.79 Å². The van der Waals surface area contributed by atoms with E-state index < -0.39 is 0 Å². The highest BCUT2D eigenvalue weighted by atomic mass is 16.2. The molecule has 27 heavy (non-hydrogen) atoms. The van der Waals surface area contributed by atoms with Crippen LogP contribution in [-0.4, -0.2) is 35.0 Å². The third-order valence-corrected chi connectivity index (χ3v) is 6.35. The summed E-state index contributed by atoms with van der Waals surface area (Å²) in [6.07, 6.45) is 5.47. The molecule has 4 rings (SSSR count). The van der Waals surface area contributed by atoms with E-state index in [9.17, 15) is 4.79 Å². The molecule has 3 heterocycles. The summed E-state index contributed by atoms with van der Waals surface area (Å²) < 4.78 is 2.46. The van der Waals surface area contributed by atoms with Crippen molar-refractivity contribution >= 4 is 16.8 Å². The number of likely N-dealkylation sites (tertiary alicyclic amines) is 1. The Morgan fingerprint density at radius 1 is 1.30 bits per heavy atom. The van der Waals surface area contributed by atoms with Gasteiger partial charge < -0.3 is 14.8 Å². The zero-order valence-corrected chi connectivity index (χ0v) is 16.8. The maximum absolute atomic E-state index is 13.0. The highest BCUT2D eigenvalue weighted by Gasteiger charge is 2.24. The molecule has 0 unspecified atom stereocenters. The van der Waals surface area contributed by atoms with Gasteiger partial charge in [-0.2, -0.15) is 0 Å². The van der Waals surface area contributed by atoms with Crippen molar-refractivity contribution in [1.29, 1.82) is 0 Å². The van der Waals surface area contributed by atoms with E-state index in [1.807, 2.05) is 11.0 Å². The number of nitrogens with one attached hydrogen (secondary N) is 1. The molecule has 2 aliphatic heterocycles. The Bertz CT molecular complexity index is 885. The Balaban J connectivity index is 1.73. The Labute approximate surface area is 162 Å². The fourth-order valence-corrected chi connectivity index (χ4v) is 4.43. The lowest BCUT2D eigenvalue weighted by molar-refractivity contribution is 0.0697. The van der Waals surface area contributed by atoms with Gasteiger partial charge in [-0.3, -0.25) is 4.79 Å². The molecule has 4 heteroatoms. The Kier molecular flexibility index (Phi) is 5.09. The Morgan fingerprint density at radius 2 is 2.07 bits per heavy atom. The van der Waals surface area contributed by atoms with E-state index >= 15 is 0 Å². The van der Waals surface area contributed by atoms with Gasteiger partial charge in [0, 0.05) is 61.3 Å². The topological polar surface area (TPSA) is 37.3 Å². The first-order valence-electron chi connectivity index (χ1n) is 10.3. The maximum Gasteiger partial charge on any atom is 0.253 e. The zero-order valence-electron chi connectivity index (χ0n) is 16.8. The van der Waals surface area contributed by atoms with Crippen LogP contribution in [0.3, 0.4) is 0 Å². The summed E-state index contributed by atoms with van der Waals surface area (Å²) in [5, 5.41) is 4.75. The van der Waals surface area contributed by atoms with E-state index in [1.54, 1.807) is 0 Å². The summed E-state index contributed by atoms with van der Waals surface area (Å²) in [5.74, 6) is 0.928.